The molecule has 5 nitrogen and oxygen atoms in total. The molecular formula is C15H18N4O. The van der Waals surface area contributed by atoms with Crippen molar-refractivity contribution in [2.45, 2.75) is 19.4 Å². The number of fused-ring (bicyclic) bond motifs is 1. The first kappa shape index (κ1) is 12.7. The summed E-state index contributed by atoms with van der Waals surface area (Å²) in [7, 11) is 1.81. The Hall–Kier alpha value is -2.30. The van der Waals surface area contributed by atoms with Gasteiger partial charge in [-0.3, -0.25) is 9.89 Å². The fraction of sp³-hybridized carbons (Fsp3) is 0.333. The van der Waals surface area contributed by atoms with Crippen LogP contribution in [-0.2, 0) is 13.0 Å². The van der Waals surface area contributed by atoms with Gasteiger partial charge in [-0.15, -0.1) is 0 Å². The molecule has 0 spiro atoms. The van der Waals surface area contributed by atoms with E-state index in [1.54, 1.807) is 11.1 Å². The number of aromatic nitrogens is 2. The number of carbonyl (C=O) groups excluding carboxylic acids is 1. The predicted octanol–water partition coefficient (Wildman–Crippen LogP) is 2.04. The minimum Gasteiger partial charge on any atom is -0.384 e. The van der Waals surface area contributed by atoms with Crippen LogP contribution in [-0.4, -0.2) is 34.6 Å². The maximum absolute atomic E-state index is 12.6. The van der Waals surface area contributed by atoms with E-state index in [1.807, 2.05) is 25.2 Å². The first-order chi connectivity index (χ1) is 9.75. The highest BCUT2D eigenvalue weighted by Crippen LogP contribution is 2.27. The zero-order valence-corrected chi connectivity index (χ0v) is 11.5. The van der Waals surface area contributed by atoms with Crippen molar-refractivity contribution in [1.29, 1.82) is 0 Å². The van der Waals surface area contributed by atoms with E-state index in [9.17, 15) is 4.79 Å². The van der Waals surface area contributed by atoms with Gasteiger partial charge < -0.3 is 10.2 Å². The minimum absolute atomic E-state index is 0.0332. The van der Waals surface area contributed by atoms with Crippen molar-refractivity contribution in [1.82, 2.24) is 15.1 Å². The van der Waals surface area contributed by atoms with Crippen molar-refractivity contribution in [3.8, 4) is 0 Å². The van der Waals surface area contributed by atoms with Gasteiger partial charge in [0.2, 0.25) is 0 Å². The van der Waals surface area contributed by atoms with Crippen LogP contribution in [0.25, 0.3) is 0 Å². The number of aryl methyl sites for hydroxylation is 1. The number of amides is 1. The summed E-state index contributed by atoms with van der Waals surface area (Å²) in [6, 6.07) is 7.82. The van der Waals surface area contributed by atoms with Gasteiger partial charge in [0.1, 0.15) is 0 Å². The molecule has 3 rings (SSSR count). The van der Waals surface area contributed by atoms with Crippen LogP contribution >= 0.6 is 0 Å². The molecule has 1 aromatic carbocycles. The SMILES string of the molecule is CN(Cc1ccn[nH]1)C(=O)c1cccc2c1NCCC2. The highest BCUT2D eigenvalue weighted by atomic mass is 16.2. The quantitative estimate of drug-likeness (QED) is 0.897. The third-order valence-corrected chi connectivity index (χ3v) is 3.62. The summed E-state index contributed by atoms with van der Waals surface area (Å²) in [5, 5.41) is 10.1. The van der Waals surface area contributed by atoms with Gasteiger partial charge in [0.25, 0.3) is 5.91 Å². The second kappa shape index (κ2) is 5.36. The van der Waals surface area contributed by atoms with Crippen LogP contribution in [0.3, 0.4) is 0 Å². The lowest BCUT2D eigenvalue weighted by molar-refractivity contribution is 0.0784. The van der Waals surface area contributed by atoms with Crippen molar-refractivity contribution >= 4 is 11.6 Å². The topological polar surface area (TPSA) is 61.0 Å². The number of benzene rings is 1. The number of para-hydroxylation sites is 1. The Morgan fingerprint density at radius 3 is 3.10 bits per heavy atom. The molecule has 2 N–H and O–H groups in total. The summed E-state index contributed by atoms with van der Waals surface area (Å²) >= 11 is 0. The van der Waals surface area contributed by atoms with Crippen LogP contribution in [0.4, 0.5) is 5.69 Å². The van der Waals surface area contributed by atoms with E-state index >= 15 is 0 Å². The summed E-state index contributed by atoms with van der Waals surface area (Å²) in [4.78, 5) is 14.3. The smallest absolute Gasteiger partial charge is 0.256 e. The lowest BCUT2D eigenvalue weighted by Crippen LogP contribution is -2.28. The molecule has 1 aliphatic rings. The number of rotatable bonds is 3. The molecule has 20 heavy (non-hydrogen) atoms. The second-order valence-corrected chi connectivity index (χ2v) is 5.11. The fourth-order valence-electron chi connectivity index (χ4n) is 2.59. The standard InChI is InChI=1S/C15H18N4O/c1-19(10-12-7-9-17-18-12)15(20)13-6-2-4-11-5-3-8-16-14(11)13/h2,4,6-7,9,16H,3,5,8,10H2,1H3,(H,17,18). The fourth-order valence-corrected chi connectivity index (χ4v) is 2.59. The highest BCUT2D eigenvalue weighted by Gasteiger charge is 2.20. The predicted molar refractivity (Wildman–Crippen MR) is 77.6 cm³/mol. The van der Waals surface area contributed by atoms with E-state index in [-0.39, 0.29) is 5.91 Å². The minimum atomic E-state index is 0.0332. The van der Waals surface area contributed by atoms with E-state index in [2.05, 4.69) is 21.6 Å². The Kier molecular flexibility index (Phi) is 3.41. The number of nitrogens with one attached hydrogen (secondary N) is 2. The molecule has 1 aromatic heterocycles. The highest BCUT2D eigenvalue weighted by molar-refractivity contribution is 6.00. The Labute approximate surface area is 118 Å². The summed E-state index contributed by atoms with van der Waals surface area (Å²) < 4.78 is 0. The monoisotopic (exact) mass is 270 g/mol. The molecular weight excluding hydrogens is 252 g/mol. The van der Waals surface area contributed by atoms with E-state index in [4.69, 9.17) is 0 Å². The van der Waals surface area contributed by atoms with E-state index < -0.39 is 0 Å². The lowest BCUT2D eigenvalue weighted by atomic mass is 9.99. The molecule has 2 aromatic rings. The number of anilines is 1. The first-order valence-corrected chi connectivity index (χ1v) is 6.85. The van der Waals surface area contributed by atoms with Gasteiger partial charge in [-0.25, -0.2) is 0 Å². The molecule has 0 unspecified atom stereocenters. The number of aromatic amines is 1. The molecule has 0 bridgehead atoms. The maximum atomic E-state index is 12.6. The zero-order chi connectivity index (χ0) is 13.9. The van der Waals surface area contributed by atoms with Crippen molar-refractivity contribution in [3.05, 3.63) is 47.3 Å². The third kappa shape index (κ3) is 2.39. The largest absolute Gasteiger partial charge is 0.384 e. The van der Waals surface area contributed by atoms with Crippen LogP contribution in [0.1, 0.15) is 28.0 Å². The molecule has 0 radical (unpaired) electrons. The summed E-state index contributed by atoms with van der Waals surface area (Å²) in [6.07, 6.45) is 3.85. The van der Waals surface area contributed by atoms with Gasteiger partial charge in [-0.1, -0.05) is 12.1 Å². The van der Waals surface area contributed by atoms with Crippen molar-refractivity contribution in [2.75, 3.05) is 18.9 Å². The van der Waals surface area contributed by atoms with E-state index in [1.165, 1.54) is 5.56 Å². The molecule has 2 heterocycles. The van der Waals surface area contributed by atoms with E-state index in [0.717, 1.165) is 36.3 Å². The van der Waals surface area contributed by atoms with Crippen LogP contribution in [0.15, 0.2) is 30.5 Å². The van der Waals surface area contributed by atoms with Gasteiger partial charge in [-0.2, -0.15) is 5.10 Å². The molecule has 0 saturated heterocycles. The third-order valence-electron chi connectivity index (χ3n) is 3.62. The van der Waals surface area contributed by atoms with Crippen molar-refractivity contribution < 1.29 is 4.79 Å². The van der Waals surface area contributed by atoms with Crippen molar-refractivity contribution in [2.24, 2.45) is 0 Å². The Bertz CT molecular complexity index is 606. The van der Waals surface area contributed by atoms with Crippen LogP contribution in [0.2, 0.25) is 0 Å². The van der Waals surface area contributed by atoms with Gasteiger partial charge in [0.15, 0.2) is 0 Å². The molecule has 0 aliphatic carbocycles. The molecule has 0 fully saturated rings. The van der Waals surface area contributed by atoms with Crippen LogP contribution in [0.5, 0.6) is 0 Å². The number of hydrogen-bond acceptors (Lipinski definition) is 3. The molecule has 1 amide bonds. The average Bonchev–Trinajstić information content (AvgIpc) is 2.99. The Morgan fingerprint density at radius 1 is 1.40 bits per heavy atom. The zero-order valence-electron chi connectivity index (χ0n) is 11.5. The molecule has 0 atom stereocenters. The van der Waals surface area contributed by atoms with Gasteiger partial charge >= 0.3 is 0 Å². The molecule has 104 valence electrons. The lowest BCUT2D eigenvalue weighted by Gasteiger charge is -2.23. The Balaban J connectivity index is 1.83. The van der Waals surface area contributed by atoms with E-state index in [0.29, 0.717) is 6.54 Å². The second-order valence-electron chi connectivity index (χ2n) is 5.11. The normalized spacial score (nSPS) is 13.4. The van der Waals surface area contributed by atoms with Crippen molar-refractivity contribution in [3.63, 3.8) is 0 Å². The van der Waals surface area contributed by atoms with Crippen LogP contribution < -0.4 is 5.32 Å². The first-order valence-electron chi connectivity index (χ1n) is 6.85. The average molecular weight is 270 g/mol. The summed E-state index contributed by atoms with van der Waals surface area (Å²) in [6.45, 7) is 1.46. The molecule has 1 aliphatic heterocycles. The van der Waals surface area contributed by atoms with Gasteiger partial charge in [-0.05, 0) is 30.5 Å². The molecule has 0 saturated carbocycles. The summed E-state index contributed by atoms with van der Waals surface area (Å²) in [5.74, 6) is 0.0332. The number of nitrogens with zero attached hydrogens (tertiary/aromatic N) is 2. The number of hydrogen-bond donors (Lipinski definition) is 2. The Morgan fingerprint density at radius 2 is 2.30 bits per heavy atom. The number of H-pyrrole nitrogens is 1. The van der Waals surface area contributed by atoms with Gasteiger partial charge in [0.05, 0.1) is 23.5 Å². The maximum Gasteiger partial charge on any atom is 0.256 e. The number of carbonyl (C=O) groups is 1. The van der Waals surface area contributed by atoms with Gasteiger partial charge in [0, 0.05) is 19.8 Å². The molecule has 5 heteroatoms. The summed E-state index contributed by atoms with van der Waals surface area (Å²) in [5.41, 5.74) is 3.92. The van der Waals surface area contributed by atoms with Crippen LogP contribution in [0, 0.1) is 0 Å².